The van der Waals surface area contributed by atoms with Crippen LogP contribution in [-0.2, 0) is 6.61 Å². The summed E-state index contributed by atoms with van der Waals surface area (Å²) in [6, 6.07) is 8.23. The number of benzene rings is 1. The number of aliphatic hydroxyl groups excluding tert-OH is 1. The van der Waals surface area contributed by atoms with Crippen molar-refractivity contribution in [3.63, 3.8) is 0 Å². The molecule has 1 saturated carbocycles. The van der Waals surface area contributed by atoms with E-state index in [9.17, 15) is 0 Å². The molecule has 0 amide bonds. The van der Waals surface area contributed by atoms with Crippen molar-refractivity contribution in [1.82, 2.24) is 0 Å². The Kier molecular flexibility index (Phi) is 3.27. The summed E-state index contributed by atoms with van der Waals surface area (Å²) < 4.78 is 0. The number of hydrogen-bond donors (Lipinski definition) is 1. The molecule has 0 atom stereocenters. The van der Waals surface area contributed by atoms with Crippen LogP contribution in [0.2, 0.25) is 0 Å². The molecule has 0 aliphatic heterocycles. The van der Waals surface area contributed by atoms with Gasteiger partial charge >= 0.3 is 0 Å². The molecule has 0 spiro atoms. The molecule has 2 rings (SSSR count). The van der Waals surface area contributed by atoms with Crippen LogP contribution in [-0.4, -0.2) is 18.2 Å². The van der Waals surface area contributed by atoms with Crippen molar-refractivity contribution in [1.29, 1.82) is 0 Å². The van der Waals surface area contributed by atoms with E-state index in [1.54, 1.807) is 0 Å². The van der Waals surface area contributed by atoms with E-state index in [1.807, 2.05) is 12.1 Å². The summed E-state index contributed by atoms with van der Waals surface area (Å²) in [4.78, 5) is 2.42. The van der Waals surface area contributed by atoms with Crippen LogP contribution in [0.15, 0.2) is 24.3 Å². The number of rotatable bonds is 5. The first-order chi connectivity index (χ1) is 7.33. The zero-order valence-corrected chi connectivity index (χ0v) is 9.32. The van der Waals surface area contributed by atoms with Crippen LogP contribution in [0.25, 0.3) is 0 Å². The first-order valence-corrected chi connectivity index (χ1v) is 5.78. The van der Waals surface area contributed by atoms with Crippen LogP contribution in [0.1, 0.15) is 25.3 Å². The zero-order valence-electron chi connectivity index (χ0n) is 9.32. The number of hydrogen-bond acceptors (Lipinski definition) is 2. The molecular formula is C13H19NO. The Morgan fingerprint density at radius 1 is 1.27 bits per heavy atom. The predicted molar refractivity (Wildman–Crippen MR) is 63.0 cm³/mol. The van der Waals surface area contributed by atoms with Crippen LogP contribution < -0.4 is 4.90 Å². The average molecular weight is 205 g/mol. The van der Waals surface area contributed by atoms with Gasteiger partial charge in [-0.2, -0.15) is 0 Å². The molecule has 0 radical (unpaired) electrons. The lowest BCUT2D eigenvalue weighted by Crippen LogP contribution is -2.25. The molecule has 0 aromatic heterocycles. The maximum atomic E-state index is 8.97. The molecule has 1 N–H and O–H groups in total. The summed E-state index contributed by atoms with van der Waals surface area (Å²) in [5, 5.41) is 8.97. The number of nitrogens with zero attached hydrogens (tertiary/aromatic N) is 1. The quantitative estimate of drug-likeness (QED) is 0.798. The SMILES string of the molecule is CCN(CC1CC1)c1ccc(CO)cc1. The molecule has 0 saturated heterocycles. The monoisotopic (exact) mass is 205 g/mol. The molecule has 1 aliphatic carbocycles. The van der Waals surface area contributed by atoms with E-state index < -0.39 is 0 Å². The highest BCUT2D eigenvalue weighted by molar-refractivity contribution is 5.47. The van der Waals surface area contributed by atoms with Gasteiger partial charge in [0.2, 0.25) is 0 Å². The van der Waals surface area contributed by atoms with Gasteiger partial charge in [-0.05, 0) is 43.4 Å². The molecule has 1 aromatic carbocycles. The largest absolute Gasteiger partial charge is 0.392 e. The minimum absolute atomic E-state index is 0.134. The summed E-state index contributed by atoms with van der Waals surface area (Å²) in [6.45, 7) is 4.58. The van der Waals surface area contributed by atoms with Gasteiger partial charge in [0.15, 0.2) is 0 Å². The second-order valence-corrected chi connectivity index (χ2v) is 4.31. The van der Waals surface area contributed by atoms with Crippen molar-refractivity contribution in [3.8, 4) is 0 Å². The lowest BCUT2D eigenvalue weighted by atomic mass is 10.2. The normalized spacial score (nSPS) is 15.3. The van der Waals surface area contributed by atoms with Crippen molar-refractivity contribution in [2.75, 3.05) is 18.0 Å². The van der Waals surface area contributed by atoms with Gasteiger partial charge in [-0.1, -0.05) is 12.1 Å². The Labute approximate surface area is 91.5 Å². The summed E-state index contributed by atoms with van der Waals surface area (Å²) in [5.74, 6) is 0.919. The molecule has 0 heterocycles. The minimum atomic E-state index is 0.134. The summed E-state index contributed by atoms with van der Waals surface area (Å²) in [5.41, 5.74) is 2.27. The average Bonchev–Trinajstić information content (AvgIpc) is 3.10. The Morgan fingerprint density at radius 3 is 2.40 bits per heavy atom. The molecule has 15 heavy (non-hydrogen) atoms. The third-order valence-electron chi connectivity index (χ3n) is 3.04. The molecule has 1 fully saturated rings. The summed E-state index contributed by atoms with van der Waals surface area (Å²) in [6.07, 6.45) is 2.79. The van der Waals surface area contributed by atoms with Gasteiger partial charge in [-0.15, -0.1) is 0 Å². The second-order valence-electron chi connectivity index (χ2n) is 4.31. The van der Waals surface area contributed by atoms with Gasteiger partial charge in [0.1, 0.15) is 0 Å². The highest BCUT2D eigenvalue weighted by atomic mass is 16.3. The molecule has 1 aliphatic rings. The van der Waals surface area contributed by atoms with E-state index in [1.165, 1.54) is 25.1 Å². The minimum Gasteiger partial charge on any atom is -0.392 e. The molecule has 2 heteroatoms. The fraction of sp³-hybridized carbons (Fsp3) is 0.538. The molecule has 2 nitrogen and oxygen atoms in total. The highest BCUT2D eigenvalue weighted by Crippen LogP contribution is 2.31. The lowest BCUT2D eigenvalue weighted by Gasteiger charge is -2.23. The Morgan fingerprint density at radius 2 is 1.93 bits per heavy atom. The van der Waals surface area contributed by atoms with Crippen molar-refractivity contribution < 1.29 is 5.11 Å². The first-order valence-electron chi connectivity index (χ1n) is 5.78. The Balaban J connectivity index is 2.03. The highest BCUT2D eigenvalue weighted by Gasteiger charge is 2.23. The fourth-order valence-electron chi connectivity index (χ4n) is 1.84. The van der Waals surface area contributed by atoms with Gasteiger partial charge in [-0.25, -0.2) is 0 Å². The van der Waals surface area contributed by atoms with Crippen molar-refractivity contribution >= 4 is 5.69 Å². The molecule has 0 bridgehead atoms. The maximum Gasteiger partial charge on any atom is 0.0681 e. The zero-order chi connectivity index (χ0) is 10.7. The van der Waals surface area contributed by atoms with E-state index >= 15 is 0 Å². The maximum absolute atomic E-state index is 8.97. The van der Waals surface area contributed by atoms with Gasteiger partial charge in [0.25, 0.3) is 0 Å². The number of aliphatic hydroxyl groups is 1. The van der Waals surface area contributed by atoms with Gasteiger partial charge in [0.05, 0.1) is 6.61 Å². The Bertz CT molecular complexity index is 303. The van der Waals surface area contributed by atoms with Crippen molar-refractivity contribution in [3.05, 3.63) is 29.8 Å². The van der Waals surface area contributed by atoms with Crippen LogP contribution in [0, 0.1) is 5.92 Å². The first kappa shape index (κ1) is 10.5. The predicted octanol–water partition coefficient (Wildman–Crippen LogP) is 2.42. The van der Waals surface area contributed by atoms with Gasteiger partial charge in [-0.3, -0.25) is 0 Å². The lowest BCUT2D eigenvalue weighted by molar-refractivity contribution is 0.282. The third kappa shape index (κ3) is 2.72. The van der Waals surface area contributed by atoms with E-state index in [0.717, 1.165) is 18.0 Å². The molecule has 1 aromatic rings. The smallest absolute Gasteiger partial charge is 0.0681 e. The second kappa shape index (κ2) is 4.67. The van der Waals surface area contributed by atoms with Crippen molar-refractivity contribution in [2.45, 2.75) is 26.4 Å². The summed E-state index contributed by atoms with van der Waals surface area (Å²) >= 11 is 0. The van der Waals surface area contributed by atoms with E-state index in [0.29, 0.717) is 0 Å². The molecular weight excluding hydrogens is 186 g/mol. The molecule has 82 valence electrons. The Hall–Kier alpha value is -1.02. The van der Waals surface area contributed by atoms with Crippen LogP contribution >= 0.6 is 0 Å². The van der Waals surface area contributed by atoms with Crippen LogP contribution in [0.3, 0.4) is 0 Å². The van der Waals surface area contributed by atoms with Crippen LogP contribution in [0.4, 0.5) is 5.69 Å². The van der Waals surface area contributed by atoms with Crippen LogP contribution in [0.5, 0.6) is 0 Å². The fourth-order valence-corrected chi connectivity index (χ4v) is 1.84. The van der Waals surface area contributed by atoms with E-state index in [-0.39, 0.29) is 6.61 Å². The van der Waals surface area contributed by atoms with E-state index in [4.69, 9.17) is 5.11 Å². The van der Waals surface area contributed by atoms with E-state index in [2.05, 4.69) is 24.0 Å². The van der Waals surface area contributed by atoms with Gasteiger partial charge in [0, 0.05) is 18.8 Å². The topological polar surface area (TPSA) is 23.5 Å². The van der Waals surface area contributed by atoms with Crippen molar-refractivity contribution in [2.24, 2.45) is 5.92 Å². The number of anilines is 1. The standard InChI is InChI=1S/C13H19NO/c1-2-14(9-11-3-4-11)13-7-5-12(10-15)6-8-13/h5-8,11,15H,2-4,9-10H2,1H3. The molecule has 0 unspecified atom stereocenters. The summed E-state index contributed by atoms with van der Waals surface area (Å²) in [7, 11) is 0. The van der Waals surface area contributed by atoms with Gasteiger partial charge < -0.3 is 10.0 Å². The third-order valence-corrected chi connectivity index (χ3v) is 3.04.